The van der Waals surface area contributed by atoms with Gasteiger partial charge in [0.05, 0.1) is 5.56 Å². The van der Waals surface area contributed by atoms with Crippen LogP contribution in [-0.2, 0) is 6.18 Å². The summed E-state index contributed by atoms with van der Waals surface area (Å²) in [5, 5.41) is 0. The summed E-state index contributed by atoms with van der Waals surface area (Å²) in [7, 11) is 3.92. The number of anilines is 1. The minimum absolute atomic E-state index is 0.300. The van der Waals surface area contributed by atoms with Crippen LogP contribution in [0.25, 0.3) is 0 Å². The zero-order valence-electron chi connectivity index (χ0n) is 10.5. The highest BCUT2D eigenvalue weighted by molar-refractivity contribution is 5.55. The fourth-order valence-electron chi connectivity index (χ4n) is 2.37. The average Bonchev–Trinajstić information content (AvgIpc) is 2.77. The molecule has 0 bridgehead atoms. The number of halogens is 3. The minimum Gasteiger partial charge on any atom is -0.369 e. The second-order valence-electron chi connectivity index (χ2n) is 4.87. The first-order valence-electron chi connectivity index (χ1n) is 5.97. The van der Waals surface area contributed by atoms with E-state index in [-0.39, 0.29) is 0 Å². The van der Waals surface area contributed by atoms with Crippen LogP contribution in [0.1, 0.15) is 12.0 Å². The summed E-state index contributed by atoms with van der Waals surface area (Å²) in [6.07, 6.45) is -3.38. The molecule has 1 atom stereocenters. The lowest BCUT2D eigenvalue weighted by Crippen LogP contribution is -2.32. The maximum absolute atomic E-state index is 12.9. The summed E-state index contributed by atoms with van der Waals surface area (Å²) < 4.78 is 38.8. The van der Waals surface area contributed by atoms with Crippen LogP contribution < -0.4 is 4.90 Å². The summed E-state index contributed by atoms with van der Waals surface area (Å²) in [5.74, 6) is 0. The fraction of sp³-hybridized carbons (Fsp3) is 0.538. The van der Waals surface area contributed by atoms with Crippen LogP contribution >= 0.6 is 0 Å². The van der Waals surface area contributed by atoms with Crippen LogP contribution in [0.4, 0.5) is 18.9 Å². The predicted molar refractivity (Wildman–Crippen MR) is 65.7 cm³/mol. The molecule has 0 N–H and O–H groups in total. The van der Waals surface area contributed by atoms with Gasteiger partial charge in [-0.05, 0) is 32.6 Å². The van der Waals surface area contributed by atoms with Gasteiger partial charge < -0.3 is 9.80 Å². The van der Waals surface area contributed by atoms with Gasteiger partial charge in [-0.2, -0.15) is 13.2 Å². The van der Waals surface area contributed by atoms with E-state index in [1.54, 1.807) is 12.1 Å². The molecular formula is C13H17F3N2. The maximum Gasteiger partial charge on any atom is 0.418 e. The topological polar surface area (TPSA) is 6.48 Å². The molecule has 1 aromatic carbocycles. The first-order chi connectivity index (χ1) is 8.39. The highest BCUT2D eigenvalue weighted by atomic mass is 19.4. The molecule has 0 radical (unpaired) electrons. The summed E-state index contributed by atoms with van der Waals surface area (Å²) in [4.78, 5) is 3.89. The Morgan fingerprint density at radius 1 is 1.22 bits per heavy atom. The number of benzene rings is 1. The van der Waals surface area contributed by atoms with E-state index in [1.807, 2.05) is 19.0 Å². The molecule has 0 amide bonds. The van der Waals surface area contributed by atoms with Crippen molar-refractivity contribution in [3.05, 3.63) is 29.8 Å². The van der Waals surface area contributed by atoms with Gasteiger partial charge in [0.2, 0.25) is 0 Å². The molecule has 0 spiro atoms. The van der Waals surface area contributed by atoms with Crippen molar-refractivity contribution in [1.29, 1.82) is 0 Å². The third-order valence-corrected chi connectivity index (χ3v) is 3.44. The molecule has 0 saturated carbocycles. The number of rotatable bonds is 2. The minimum atomic E-state index is -4.28. The first-order valence-corrected chi connectivity index (χ1v) is 5.97. The molecule has 1 saturated heterocycles. The molecule has 2 nitrogen and oxygen atoms in total. The van der Waals surface area contributed by atoms with Crippen LogP contribution in [0.5, 0.6) is 0 Å². The van der Waals surface area contributed by atoms with Crippen LogP contribution in [0.3, 0.4) is 0 Å². The molecule has 2 rings (SSSR count). The normalized spacial score (nSPS) is 20.8. The van der Waals surface area contributed by atoms with E-state index in [2.05, 4.69) is 4.90 Å². The van der Waals surface area contributed by atoms with Gasteiger partial charge in [-0.3, -0.25) is 0 Å². The number of likely N-dealkylation sites (N-methyl/N-ethyl adjacent to an activating group) is 1. The summed E-state index contributed by atoms with van der Waals surface area (Å²) in [6, 6.07) is 6.13. The Kier molecular flexibility index (Phi) is 3.52. The Morgan fingerprint density at radius 3 is 2.44 bits per heavy atom. The van der Waals surface area contributed by atoms with Gasteiger partial charge in [0.1, 0.15) is 0 Å². The molecule has 1 unspecified atom stereocenters. The van der Waals surface area contributed by atoms with E-state index in [1.165, 1.54) is 6.07 Å². The second-order valence-corrected chi connectivity index (χ2v) is 4.87. The number of hydrogen-bond acceptors (Lipinski definition) is 2. The quantitative estimate of drug-likeness (QED) is 0.805. The third-order valence-electron chi connectivity index (χ3n) is 3.44. The highest BCUT2D eigenvalue weighted by Crippen LogP contribution is 2.37. The molecule has 0 aromatic heterocycles. The monoisotopic (exact) mass is 258 g/mol. The van der Waals surface area contributed by atoms with Gasteiger partial charge in [0.25, 0.3) is 0 Å². The second kappa shape index (κ2) is 4.80. The molecule has 1 fully saturated rings. The molecular weight excluding hydrogens is 241 g/mol. The van der Waals surface area contributed by atoms with E-state index >= 15 is 0 Å². The lowest BCUT2D eigenvalue weighted by molar-refractivity contribution is -0.137. The van der Waals surface area contributed by atoms with E-state index in [4.69, 9.17) is 0 Å². The van der Waals surface area contributed by atoms with E-state index in [0.717, 1.165) is 12.5 Å². The fourth-order valence-corrected chi connectivity index (χ4v) is 2.37. The Bertz CT molecular complexity index is 415. The number of hydrogen-bond donors (Lipinski definition) is 0. The van der Waals surface area contributed by atoms with Crippen LogP contribution in [0.2, 0.25) is 0 Å². The molecule has 0 aliphatic carbocycles. The van der Waals surface area contributed by atoms with Gasteiger partial charge in [0, 0.05) is 24.8 Å². The van der Waals surface area contributed by atoms with Crippen LogP contribution in [-0.4, -0.2) is 38.1 Å². The van der Waals surface area contributed by atoms with Crippen molar-refractivity contribution in [2.75, 3.05) is 32.1 Å². The van der Waals surface area contributed by atoms with Crippen molar-refractivity contribution in [1.82, 2.24) is 4.90 Å². The van der Waals surface area contributed by atoms with Crippen LogP contribution in [0.15, 0.2) is 24.3 Å². The summed E-state index contributed by atoms with van der Waals surface area (Å²) in [6.45, 7) is 1.33. The van der Waals surface area contributed by atoms with Gasteiger partial charge in [-0.1, -0.05) is 12.1 Å². The molecule has 1 aliphatic heterocycles. The molecule has 100 valence electrons. The lowest BCUT2D eigenvalue weighted by atomic mass is 10.1. The standard InChI is InChI=1S/C13H17F3N2/c1-17(2)10-7-8-18(9-10)12-6-4-3-5-11(12)13(14,15)16/h3-6,10H,7-9H2,1-2H3. The Balaban J connectivity index is 2.25. The lowest BCUT2D eigenvalue weighted by Gasteiger charge is -2.24. The molecule has 18 heavy (non-hydrogen) atoms. The van der Waals surface area contributed by atoms with Crippen molar-refractivity contribution in [3.8, 4) is 0 Å². The SMILES string of the molecule is CN(C)C1CCN(c2ccccc2C(F)(F)F)C1. The molecule has 1 aliphatic rings. The smallest absolute Gasteiger partial charge is 0.369 e. The van der Waals surface area contributed by atoms with Gasteiger partial charge in [-0.15, -0.1) is 0 Å². The number of nitrogens with zero attached hydrogens (tertiary/aromatic N) is 2. The average molecular weight is 258 g/mol. The van der Waals surface area contributed by atoms with Crippen molar-refractivity contribution >= 4 is 5.69 Å². The summed E-state index contributed by atoms with van der Waals surface area (Å²) in [5.41, 5.74) is -0.237. The van der Waals surface area contributed by atoms with Gasteiger partial charge >= 0.3 is 6.18 Å². The third kappa shape index (κ3) is 2.61. The zero-order chi connectivity index (χ0) is 13.3. The molecule has 5 heteroatoms. The Morgan fingerprint density at radius 2 is 1.89 bits per heavy atom. The number of alkyl halides is 3. The van der Waals surface area contributed by atoms with Crippen molar-refractivity contribution in [3.63, 3.8) is 0 Å². The maximum atomic E-state index is 12.9. The van der Waals surface area contributed by atoms with Crippen molar-refractivity contribution < 1.29 is 13.2 Å². The van der Waals surface area contributed by atoms with Crippen molar-refractivity contribution in [2.45, 2.75) is 18.6 Å². The summed E-state index contributed by atoms with van der Waals surface area (Å²) >= 11 is 0. The van der Waals surface area contributed by atoms with E-state index in [0.29, 0.717) is 24.8 Å². The predicted octanol–water partition coefficient (Wildman–Crippen LogP) is 2.85. The van der Waals surface area contributed by atoms with Gasteiger partial charge in [0.15, 0.2) is 0 Å². The molecule has 1 aromatic rings. The largest absolute Gasteiger partial charge is 0.418 e. The zero-order valence-corrected chi connectivity index (χ0v) is 10.5. The van der Waals surface area contributed by atoms with Gasteiger partial charge in [-0.25, -0.2) is 0 Å². The highest BCUT2D eigenvalue weighted by Gasteiger charge is 2.36. The Hall–Kier alpha value is -1.23. The van der Waals surface area contributed by atoms with E-state index < -0.39 is 11.7 Å². The molecule has 1 heterocycles. The van der Waals surface area contributed by atoms with Crippen LogP contribution in [0, 0.1) is 0 Å². The number of para-hydroxylation sites is 1. The van der Waals surface area contributed by atoms with Crippen molar-refractivity contribution in [2.24, 2.45) is 0 Å². The first kappa shape index (κ1) is 13.2. The Labute approximate surface area is 105 Å². The van der Waals surface area contributed by atoms with E-state index in [9.17, 15) is 13.2 Å².